The van der Waals surface area contributed by atoms with Gasteiger partial charge in [0.15, 0.2) is 0 Å². The highest BCUT2D eigenvalue weighted by Gasteiger charge is 2.34. The maximum Gasteiger partial charge on any atom is 0.245 e. The second-order valence-electron chi connectivity index (χ2n) is 13.7. The van der Waals surface area contributed by atoms with Crippen LogP contribution in [0.5, 0.6) is 0 Å². The molecule has 2 heterocycles. The van der Waals surface area contributed by atoms with Crippen LogP contribution in [-0.4, -0.2) is 65.9 Å². The summed E-state index contributed by atoms with van der Waals surface area (Å²) in [5, 5.41) is 10.8. The lowest BCUT2D eigenvalue weighted by Gasteiger charge is -2.32. The van der Waals surface area contributed by atoms with Crippen molar-refractivity contribution in [1.82, 2.24) is 25.8 Å². The highest BCUT2D eigenvalue weighted by molar-refractivity contribution is 7.99. The van der Waals surface area contributed by atoms with E-state index in [4.69, 9.17) is 11.5 Å². The summed E-state index contributed by atoms with van der Waals surface area (Å²) in [5.41, 5.74) is 16.8. The van der Waals surface area contributed by atoms with Gasteiger partial charge in [0.2, 0.25) is 17.7 Å². The number of likely N-dealkylation sites (N-methyl/N-ethyl adjacent to an activating group) is 1. The largest absolute Gasteiger partial charge is 0.361 e. The fourth-order valence-electron chi connectivity index (χ4n) is 6.58. The van der Waals surface area contributed by atoms with Crippen LogP contribution in [0.4, 0.5) is 0 Å². The Morgan fingerprint density at radius 3 is 2.33 bits per heavy atom. The van der Waals surface area contributed by atoms with Crippen molar-refractivity contribution >= 4 is 40.4 Å². The Hall–Kier alpha value is -4.16. The quantitative estimate of drug-likeness (QED) is 0.127. The molecule has 3 atom stereocenters. The summed E-state index contributed by atoms with van der Waals surface area (Å²) in [5.74, 6) is -0.532. The van der Waals surface area contributed by atoms with Crippen molar-refractivity contribution < 1.29 is 14.4 Å². The third-order valence-corrected chi connectivity index (χ3v) is 11.0. The van der Waals surface area contributed by atoms with Crippen molar-refractivity contribution in [3.05, 3.63) is 95.2 Å². The van der Waals surface area contributed by atoms with Gasteiger partial charge in [0, 0.05) is 53.4 Å². The van der Waals surface area contributed by atoms with Crippen molar-refractivity contribution in [2.45, 2.75) is 99.3 Å². The minimum Gasteiger partial charge on any atom is -0.361 e. The monoisotopic (exact) mass is 711 g/mol. The number of H-pyrrole nitrogens is 1. The van der Waals surface area contributed by atoms with E-state index in [1.165, 1.54) is 10.5 Å². The summed E-state index contributed by atoms with van der Waals surface area (Å²) in [4.78, 5) is 49.7. The smallest absolute Gasteiger partial charge is 0.245 e. The number of carbonyl (C=O) groups is 3. The maximum absolute atomic E-state index is 14.4. The average molecular weight is 712 g/mol. The zero-order valence-electron chi connectivity index (χ0n) is 30.0. The number of benzene rings is 3. The highest BCUT2D eigenvalue weighted by Crippen LogP contribution is 2.35. The van der Waals surface area contributed by atoms with E-state index in [0.717, 1.165) is 37.4 Å². The SMILES string of the molecule is CC(C)c1ccc2c(c1)CNC(=O)C(Cc1c[nH]c3ccccc13)N(C)C(=O)C(CCCCN)NC(=O)C(CCCN)NCc1ccccc1S2. The molecular weight excluding hydrogens is 659 g/mol. The van der Waals surface area contributed by atoms with Crippen molar-refractivity contribution in [1.29, 1.82) is 0 Å². The molecule has 0 aliphatic carbocycles. The van der Waals surface area contributed by atoms with E-state index in [1.54, 1.807) is 18.8 Å². The van der Waals surface area contributed by atoms with E-state index in [0.29, 0.717) is 70.6 Å². The number of amides is 3. The lowest BCUT2D eigenvalue weighted by Crippen LogP contribution is -2.57. The third kappa shape index (κ3) is 9.79. The molecule has 11 heteroatoms. The Bertz CT molecular complexity index is 1790. The molecule has 5 rings (SSSR count). The number of fused-ring (bicyclic) bond motifs is 3. The van der Waals surface area contributed by atoms with Crippen LogP contribution in [-0.2, 0) is 33.9 Å². The van der Waals surface area contributed by atoms with Gasteiger partial charge in [-0.3, -0.25) is 14.4 Å². The Balaban J connectivity index is 1.57. The zero-order valence-corrected chi connectivity index (χ0v) is 30.9. The molecule has 1 aromatic heterocycles. The second-order valence-corrected chi connectivity index (χ2v) is 14.8. The predicted molar refractivity (Wildman–Crippen MR) is 205 cm³/mol. The Morgan fingerprint density at radius 2 is 1.55 bits per heavy atom. The van der Waals surface area contributed by atoms with Gasteiger partial charge >= 0.3 is 0 Å². The summed E-state index contributed by atoms with van der Waals surface area (Å²) in [7, 11) is 1.67. The summed E-state index contributed by atoms with van der Waals surface area (Å²) in [6, 6.07) is 20.3. The third-order valence-electron chi connectivity index (χ3n) is 9.72. The van der Waals surface area contributed by atoms with Gasteiger partial charge in [-0.05, 0) is 91.6 Å². The van der Waals surface area contributed by atoms with Crippen LogP contribution in [0.25, 0.3) is 10.9 Å². The van der Waals surface area contributed by atoms with Crippen LogP contribution in [0.1, 0.15) is 74.1 Å². The van der Waals surface area contributed by atoms with E-state index in [1.807, 2.05) is 42.6 Å². The zero-order chi connectivity index (χ0) is 36.3. The molecule has 8 N–H and O–H groups in total. The van der Waals surface area contributed by atoms with Gasteiger partial charge in [0.1, 0.15) is 12.1 Å². The second kappa shape index (κ2) is 18.4. The summed E-state index contributed by atoms with van der Waals surface area (Å²) in [6.07, 6.45) is 5.14. The lowest BCUT2D eigenvalue weighted by atomic mass is 10.00. The van der Waals surface area contributed by atoms with Gasteiger partial charge in [-0.15, -0.1) is 0 Å². The minimum atomic E-state index is -0.836. The molecule has 0 spiro atoms. The molecule has 3 unspecified atom stereocenters. The number of hydrogen-bond donors (Lipinski definition) is 6. The molecule has 0 saturated heterocycles. The van der Waals surface area contributed by atoms with Gasteiger partial charge in [-0.25, -0.2) is 0 Å². The van der Waals surface area contributed by atoms with Gasteiger partial charge in [-0.1, -0.05) is 74.1 Å². The molecule has 51 heavy (non-hydrogen) atoms. The molecule has 1 aliphatic rings. The highest BCUT2D eigenvalue weighted by atomic mass is 32.2. The maximum atomic E-state index is 14.4. The standard InChI is InChI=1S/C40H53N7O3S/c1-26(2)27-17-18-37-30(21-27)25-45-39(49)35(22-29-24-43-32-13-6-5-12-31(29)32)47(3)40(50)34(14-8-9-19-41)46-38(48)33(15-10-20-42)44-23-28-11-4-7-16-36(28)51-37/h4-7,11-13,16-18,21,24,26,33-35,43-44H,8-10,14-15,19-20,22-23,25,41-42H2,1-3H3,(H,45,49)(H,46,48). The van der Waals surface area contributed by atoms with E-state index >= 15 is 0 Å². The van der Waals surface area contributed by atoms with E-state index in [9.17, 15) is 14.4 Å². The number of rotatable bonds is 10. The normalized spacial score (nSPS) is 19.4. The number of nitrogens with two attached hydrogens (primary N) is 2. The van der Waals surface area contributed by atoms with Crippen molar-refractivity contribution in [3.8, 4) is 0 Å². The van der Waals surface area contributed by atoms with Crippen LogP contribution in [0.2, 0.25) is 0 Å². The number of aromatic nitrogens is 1. The van der Waals surface area contributed by atoms with Crippen LogP contribution >= 0.6 is 11.8 Å². The molecule has 4 aromatic rings. The van der Waals surface area contributed by atoms with Crippen LogP contribution in [0.15, 0.2) is 82.7 Å². The van der Waals surface area contributed by atoms with Crippen molar-refractivity contribution in [2.24, 2.45) is 11.5 Å². The first-order valence-electron chi connectivity index (χ1n) is 18.1. The molecule has 10 nitrogen and oxygen atoms in total. The lowest BCUT2D eigenvalue weighted by molar-refractivity contribution is -0.142. The Labute approximate surface area is 305 Å². The number of hydrogen-bond acceptors (Lipinski definition) is 7. The number of nitrogens with one attached hydrogen (secondary N) is 4. The number of nitrogens with zero attached hydrogens (tertiary/aromatic N) is 1. The number of para-hydroxylation sites is 1. The average Bonchev–Trinajstić information content (AvgIpc) is 3.55. The molecule has 3 aromatic carbocycles. The molecule has 1 aliphatic heterocycles. The summed E-state index contributed by atoms with van der Waals surface area (Å²) in [6.45, 7) is 6.00. The molecule has 0 radical (unpaired) electrons. The Morgan fingerprint density at radius 1 is 0.824 bits per heavy atom. The summed E-state index contributed by atoms with van der Waals surface area (Å²) < 4.78 is 0. The van der Waals surface area contributed by atoms with Gasteiger partial charge < -0.3 is 37.3 Å². The van der Waals surface area contributed by atoms with E-state index in [2.05, 4.69) is 65.1 Å². The van der Waals surface area contributed by atoms with Gasteiger partial charge in [0.05, 0.1) is 6.04 Å². The molecule has 0 saturated carbocycles. The van der Waals surface area contributed by atoms with E-state index in [-0.39, 0.29) is 17.7 Å². The topological polar surface area (TPSA) is 158 Å². The fourth-order valence-corrected chi connectivity index (χ4v) is 7.63. The van der Waals surface area contributed by atoms with Gasteiger partial charge in [0.25, 0.3) is 0 Å². The number of unbranched alkanes of at least 4 members (excludes halogenated alkanes) is 1. The number of carbonyl (C=O) groups excluding carboxylic acids is 3. The van der Waals surface area contributed by atoms with E-state index < -0.39 is 18.1 Å². The minimum absolute atomic E-state index is 0.262. The summed E-state index contributed by atoms with van der Waals surface area (Å²) >= 11 is 1.65. The fraction of sp³-hybridized carbons (Fsp3) is 0.425. The molecule has 0 bridgehead atoms. The predicted octanol–water partition coefficient (Wildman–Crippen LogP) is 4.95. The molecule has 3 amide bonds. The van der Waals surface area contributed by atoms with Crippen molar-refractivity contribution in [2.75, 3.05) is 20.1 Å². The molecular formula is C40H53N7O3S. The van der Waals surface area contributed by atoms with Crippen LogP contribution in [0, 0.1) is 0 Å². The van der Waals surface area contributed by atoms with Crippen LogP contribution in [0.3, 0.4) is 0 Å². The van der Waals surface area contributed by atoms with Crippen molar-refractivity contribution in [3.63, 3.8) is 0 Å². The van der Waals surface area contributed by atoms with Gasteiger partial charge in [-0.2, -0.15) is 0 Å². The molecule has 0 fully saturated rings. The Kier molecular flexibility index (Phi) is 13.7. The molecule has 272 valence electrons. The first-order valence-corrected chi connectivity index (χ1v) is 18.9. The number of aromatic amines is 1. The van der Waals surface area contributed by atoms with Crippen LogP contribution < -0.4 is 27.4 Å². The first kappa shape index (κ1) is 38.1. The first-order chi connectivity index (χ1) is 24.7.